The van der Waals surface area contributed by atoms with E-state index in [0.29, 0.717) is 6.04 Å². The lowest BCUT2D eigenvalue weighted by atomic mass is 10.1. The second-order valence-corrected chi connectivity index (χ2v) is 6.11. The van der Waals surface area contributed by atoms with Crippen molar-refractivity contribution in [2.24, 2.45) is 7.05 Å². The Bertz CT molecular complexity index is 373. The third-order valence-corrected chi connectivity index (χ3v) is 4.90. The molecule has 2 atom stereocenters. The number of hydrogen-bond donors (Lipinski definition) is 1. The summed E-state index contributed by atoms with van der Waals surface area (Å²) in [5.74, 6) is 1.30. The Morgan fingerprint density at radius 3 is 2.75 bits per heavy atom. The summed E-state index contributed by atoms with van der Waals surface area (Å²) in [6.45, 7) is 7.51. The molecule has 1 aromatic rings. The van der Waals surface area contributed by atoms with Gasteiger partial charge in [-0.05, 0) is 26.0 Å². The summed E-state index contributed by atoms with van der Waals surface area (Å²) in [4.78, 5) is 0. The summed E-state index contributed by atoms with van der Waals surface area (Å²) < 4.78 is 1.97. The van der Waals surface area contributed by atoms with Gasteiger partial charge in [-0.1, -0.05) is 6.92 Å². The summed E-state index contributed by atoms with van der Waals surface area (Å²) in [6.07, 6.45) is 1.30. The van der Waals surface area contributed by atoms with Gasteiger partial charge in [-0.25, -0.2) is 0 Å². The molecule has 1 aliphatic heterocycles. The molecule has 90 valence electrons. The van der Waals surface area contributed by atoms with Crippen molar-refractivity contribution in [2.75, 3.05) is 5.75 Å². The fourth-order valence-electron chi connectivity index (χ4n) is 2.31. The topological polar surface area (TPSA) is 29.9 Å². The Labute approximate surface area is 102 Å². The Morgan fingerprint density at radius 2 is 2.25 bits per heavy atom. The highest BCUT2D eigenvalue weighted by molar-refractivity contribution is 8.00. The standard InChI is InChI=1S/C12H21N3S/c1-8-11(9(2)15(4)14-8)7-13-12-5-6-16-10(12)3/h10,12-13H,5-7H2,1-4H3. The van der Waals surface area contributed by atoms with Crippen LogP contribution in [0.5, 0.6) is 0 Å². The van der Waals surface area contributed by atoms with E-state index in [4.69, 9.17) is 0 Å². The number of hydrogen-bond acceptors (Lipinski definition) is 3. The zero-order valence-corrected chi connectivity index (χ0v) is 11.4. The van der Waals surface area contributed by atoms with Gasteiger partial charge in [0, 0.05) is 36.1 Å². The van der Waals surface area contributed by atoms with Gasteiger partial charge in [-0.3, -0.25) is 4.68 Å². The zero-order valence-electron chi connectivity index (χ0n) is 10.6. The van der Waals surface area contributed by atoms with Crippen LogP contribution in [0, 0.1) is 13.8 Å². The van der Waals surface area contributed by atoms with Crippen molar-refractivity contribution in [2.45, 2.75) is 45.0 Å². The lowest BCUT2D eigenvalue weighted by Crippen LogP contribution is -2.33. The van der Waals surface area contributed by atoms with Crippen molar-refractivity contribution in [3.63, 3.8) is 0 Å². The van der Waals surface area contributed by atoms with Crippen LogP contribution in [0.25, 0.3) is 0 Å². The number of aromatic nitrogens is 2. The van der Waals surface area contributed by atoms with E-state index in [1.807, 2.05) is 11.7 Å². The zero-order chi connectivity index (χ0) is 11.7. The van der Waals surface area contributed by atoms with Crippen molar-refractivity contribution >= 4 is 11.8 Å². The molecule has 2 heterocycles. The molecule has 1 aliphatic rings. The second kappa shape index (κ2) is 4.80. The molecule has 0 spiro atoms. The molecule has 0 amide bonds. The molecule has 1 fully saturated rings. The van der Waals surface area contributed by atoms with Crippen LogP contribution in [0.15, 0.2) is 0 Å². The van der Waals surface area contributed by atoms with Gasteiger partial charge < -0.3 is 5.32 Å². The van der Waals surface area contributed by atoms with Gasteiger partial charge in [0.05, 0.1) is 5.69 Å². The van der Waals surface area contributed by atoms with Crippen LogP contribution < -0.4 is 5.32 Å². The number of rotatable bonds is 3. The van der Waals surface area contributed by atoms with E-state index in [2.05, 4.69) is 42.9 Å². The number of thioether (sulfide) groups is 1. The predicted molar refractivity (Wildman–Crippen MR) is 69.8 cm³/mol. The molecule has 0 saturated carbocycles. The van der Waals surface area contributed by atoms with Gasteiger partial charge in [-0.2, -0.15) is 16.9 Å². The minimum Gasteiger partial charge on any atom is -0.309 e. The molecule has 0 radical (unpaired) electrons. The predicted octanol–water partition coefficient (Wildman–Crippen LogP) is 2.02. The second-order valence-electron chi connectivity index (χ2n) is 4.62. The lowest BCUT2D eigenvalue weighted by Gasteiger charge is -2.16. The van der Waals surface area contributed by atoms with Crippen LogP contribution in [0.4, 0.5) is 0 Å². The summed E-state index contributed by atoms with van der Waals surface area (Å²) in [6, 6.07) is 0.670. The Hall–Kier alpha value is -0.480. The molecule has 0 aliphatic carbocycles. The molecule has 1 saturated heterocycles. The third kappa shape index (κ3) is 2.28. The fourth-order valence-corrected chi connectivity index (χ4v) is 3.53. The van der Waals surface area contributed by atoms with E-state index in [-0.39, 0.29) is 0 Å². The van der Waals surface area contributed by atoms with Gasteiger partial charge >= 0.3 is 0 Å². The molecule has 0 bridgehead atoms. The molecule has 3 nitrogen and oxygen atoms in total. The minimum atomic E-state index is 0.670. The normalized spacial score (nSPS) is 25.2. The van der Waals surface area contributed by atoms with Gasteiger partial charge in [0.2, 0.25) is 0 Å². The molecule has 2 unspecified atom stereocenters. The maximum Gasteiger partial charge on any atom is 0.0641 e. The van der Waals surface area contributed by atoms with Crippen LogP contribution in [-0.4, -0.2) is 26.8 Å². The van der Waals surface area contributed by atoms with Crippen molar-refractivity contribution in [3.8, 4) is 0 Å². The highest BCUT2D eigenvalue weighted by Gasteiger charge is 2.23. The smallest absolute Gasteiger partial charge is 0.0641 e. The van der Waals surface area contributed by atoms with E-state index >= 15 is 0 Å². The summed E-state index contributed by atoms with van der Waals surface area (Å²) in [5, 5.41) is 8.86. The van der Waals surface area contributed by atoms with Crippen LogP contribution in [-0.2, 0) is 13.6 Å². The summed E-state index contributed by atoms with van der Waals surface area (Å²) >= 11 is 2.07. The lowest BCUT2D eigenvalue weighted by molar-refractivity contribution is 0.511. The average molecular weight is 239 g/mol. The van der Waals surface area contributed by atoms with Crippen LogP contribution in [0.2, 0.25) is 0 Å². The van der Waals surface area contributed by atoms with Gasteiger partial charge in [0.15, 0.2) is 0 Å². The van der Waals surface area contributed by atoms with Crippen molar-refractivity contribution in [1.82, 2.24) is 15.1 Å². The van der Waals surface area contributed by atoms with E-state index < -0.39 is 0 Å². The first-order valence-electron chi connectivity index (χ1n) is 5.93. The molecular formula is C12H21N3S. The third-order valence-electron chi connectivity index (χ3n) is 3.58. The van der Waals surface area contributed by atoms with Crippen molar-refractivity contribution in [1.29, 1.82) is 0 Å². The highest BCUT2D eigenvalue weighted by Crippen LogP contribution is 2.26. The largest absolute Gasteiger partial charge is 0.309 e. The van der Waals surface area contributed by atoms with Crippen molar-refractivity contribution < 1.29 is 0 Å². The Kier molecular flexibility index (Phi) is 3.60. The van der Waals surface area contributed by atoms with E-state index in [1.54, 1.807) is 0 Å². The molecule has 16 heavy (non-hydrogen) atoms. The number of aryl methyl sites for hydroxylation is 2. The molecule has 1 N–H and O–H groups in total. The fraction of sp³-hybridized carbons (Fsp3) is 0.750. The monoisotopic (exact) mass is 239 g/mol. The van der Waals surface area contributed by atoms with Crippen LogP contribution in [0.3, 0.4) is 0 Å². The average Bonchev–Trinajstić information content (AvgIpc) is 2.72. The van der Waals surface area contributed by atoms with E-state index in [1.165, 1.54) is 23.4 Å². The van der Waals surface area contributed by atoms with Gasteiger partial charge in [-0.15, -0.1) is 0 Å². The van der Waals surface area contributed by atoms with Gasteiger partial charge in [0.25, 0.3) is 0 Å². The molecule has 4 heteroatoms. The maximum atomic E-state index is 4.45. The Balaban J connectivity index is 1.99. The Morgan fingerprint density at radius 1 is 1.50 bits per heavy atom. The summed E-state index contributed by atoms with van der Waals surface area (Å²) in [5.41, 5.74) is 3.81. The SMILES string of the molecule is Cc1nn(C)c(C)c1CNC1CCSC1C. The van der Waals surface area contributed by atoms with Crippen LogP contribution in [0.1, 0.15) is 30.3 Å². The molecule has 0 aromatic carbocycles. The maximum absolute atomic E-state index is 4.45. The number of nitrogens with zero attached hydrogens (tertiary/aromatic N) is 2. The number of nitrogens with one attached hydrogen (secondary N) is 1. The molecule has 2 rings (SSSR count). The van der Waals surface area contributed by atoms with E-state index in [9.17, 15) is 0 Å². The van der Waals surface area contributed by atoms with Crippen LogP contribution >= 0.6 is 11.8 Å². The first-order chi connectivity index (χ1) is 7.59. The van der Waals surface area contributed by atoms with E-state index in [0.717, 1.165) is 17.5 Å². The minimum absolute atomic E-state index is 0.670. The first-order valence-corrected chi connectivity index (χ1v) is 6.98. The van der Waals surface area contributed by atoms with Crippen molar-refractivity contribution in [3.05, 3.63) is 17.0 Å². The molecular weight excluding hydrogens is 218 g/mol. The first kappa shape index (κ1) is 12.0. The van der Waals surface area contributed by atoms with Gasteiger partial charge in [0.1, 0.15) is 0 Å². The summed E-state index contributed by atoms with van der Waals surface area (Å²) in [7, 11) is 2.01. The quantitative estimate of drug-likeness (QED) is 0.875. The highest BCUT2D eigenvalue weighted by atomic mass is 32.2. The molecule has 1 aromatic heterocycles.